The standard InChI is InChI=1S/C14H20N4/c1-18-14(8-11-17-18)5-4-13(15)3-2-12-6-9-16-10-7-12/h6-11,13H,2-5,15H2,1H3. The molecule has 2 heterocycles. The van der Waals surface area contributed by atoms with Crippen molar-refractivity contribution in [3.8, 4) is 0 Å². The Balaban J connectivity index is 1.73. The van der Waals surface area contributed by atoms with Crippen LogP contribution in [0.3, 0.4) is 0 Å². The Morgan fingerprint density at radius 2 is 1.83 bits per heavy atom. The minimum atomic E-state index is 0.244. The second-order valence-electron chi connectivity index (χ2n) is 4.64. The van der Waals surface area contributed by atoms with E-state index in [2.05, 4.69) is 16.1 Å². The van der Waals surface area contributed by atoms with Crippen LogP contribution in [0.2, 0.25) is 0 Å². The third kappa shape index (κ3) is 3.67. The maximum Gasteiger partial charge on any atom is 0.0492 e. The molecule has 0 amide bonds. The molecule has 2 rings (SSSR count). The molecule has 2 N–H and O–H groups in total. The van der Waals surface area contributed by atoms with Gasteiger partial charge in [0.05, 0.1) is 0 Å². The molecule has 0 aliphatic carbocycles. The zero-order valence-corrected chi connectivity index (χ0v) is 10.8. The molecule has 1 atom stereocenters. The smallest absolute Gasteiger partial charge is 0.0492 e. The molecule has 2 aromatic rings. The normalized spacial score (nSPS) is 12.6. The largest absolute Gasteiger partial charge is 0.328 e. The van der Waals surface area contributed by atoms with Crippen LogP contribution < -0.4 is 5.73 Å². The van der Waals surface area contributed by atoms with Gasteiger partial charge in [-0.1, -0.05) is 0 Å². The van der Waals surface area contributed by atoms with E-state index in [1.54, 1.807) is 0 Å². The van der Waals surface area contributed by atoms with Crippen molar-refractivity contribution in [3.63, 3.8) is 0 Å². The third-order valence-electron chi connectivity index (χ3n) is 3.25. The topological polar surface area (TPSA) is 56.7 Å². The predicted molar refractivity (Wildman–Crippen MR) is 72.1 cm³/mol. The summed E-state index contributed by atoms with van der Waals surface area (Å²) in [6, 6.07) is 6.39. The van der Waals surface area contributed by atoms with Crippen molar-refractivity contribution >= 4 is 0 Å². The SMILES string of the molecule is Cn1nccc1CCC(N)CCc1ccncc1. The van der Waals surface area contributed by atoms with Gasteiger partial charge in [0.2, 0.25) is 0 Å². The molecule has 0 aliphatic rings. The van der Waals surface area contributed by atoms with E-state index in [0.29, 0.717) is 0 Å². The van der Waals surface area contributed by atoms with Crippen molar-refractivity contribution in [2.24, 2.45) is 12.8 Å². The zero-order valence-electron chi connectivity index (χ0n) is 10.8. The van der Waals surface area contributed by atoms with Gasteiger partial charge in [-0.05, 0) is 49.4 Å². The molecule has 4 heteroatoms. The first-order chi connectivity index (χ1) is 8.75. The maximum atomic E-state index is 6.14. The van der Waals surface area contributed by atoms with Crippen molar-refractivity contribution in [1.82, 2.24) is 14.8 Å². The molecule has 96 valence electrons. The highest BCUT2D eigenvalue weighted by atomic mass is 15.2. The van der Waals surface area contributed by atoms with E-state index in [1.165, 1.54) is 11.3 Å². The summed E-state index contributed by atoms with van der Waals surface area (Å²) < 4.78 is 1.91. The average Bonchev–Trinajstić information content (AvgIpc) is 2.81. The third-order valence-corrected chi connectivity index (χ3v) is 3.25. The summed E-state index contributed by atoms with van der Waals surface area (Å²) in [5, 5.41) is 4.16. The summed E-state index contributed by atoms with van der Waals surface area (Å²) in [5.74, 6) is 0. The van der Waals surface area contributed by atoms with Crippen molar-refractivity contribution in [2.45, 2.75) is 31.7 Å². The van der Waals surface area contributed by atoms with Gasteiger partial charge in [-0.25, -0.2) is 0 Å². The second-order valence-corrected chi connectivity index (χ2v) is 4.64. The Kier molecular flexibility index (Phi) is 4.47. The highest BCUT2D eigenvalue weighted by Gasteiger charge is 2.05. The molecule has 2 aromatic heterocycles. The lowest BCUT2D eigenvalue weighted by Crippen LogP contribution is -2.22. The summed E-state index contributed by atoms with van der Waals surface area (Å²) in [6.07, 6.45) is 9.53. The molecule has 0 saturated heterocycles. The Morgan fingerprint density at radius 1 is 1.11 bits per heavy atom. The molecule has 0 saturated carbocycles. The first kappa shape index (κ1) is 12.8. The Hall–Kier alpha value is -1.68. The van der Waals surface area contributed by atoms with Gasteiger partial charge in [-0.15, -0.1) is 0 Å². The monoisotopic (exact) mass is 244 g/mol. The van der Waals surface area contributed by atoms with E-state index in [1.807, 2.05) is 42.5 Å². The number of nitrogens with two attached hydrogens (primary N) is 1. The first-order valence-electron chi connectivity index (χ1n) is 6.37. The van der Waals surface area contributed by atoms with Crippen LogP contribution in [0.4, 0.5) is 0 Å². The average molecular weight is 244 g/mol. The summed E-state index contributed by atoms with van der Waals surface area (Å²) in [7, 11) is 1.97. The van der Waals surface area contributed by atoms with Crippen LogP contribution in [0.5, 0.6) is 0 Å². The maximum absolute atomic E-state index is 6.14. The van der Waals surface area contributed by atoms with Crippen LogP contribution in [-0.2, 0) is 19.9 Å². The lowest BCUT2D eigenvalue weighted by atomic mass is 10.0. The molecule has 0 bridgehead atoms. The van der Waals surface area contributed by atoms with Crippen molar-refractivity contribution in [2.75, 3.05) is 0 Å². The summed E-state index contributed by atoms with van der Waals surface area (Å²) in [5.41, 5.74) is 8.69. The molecular formula is C14H20N4. The highest BCUT2D eigenvalue weighted by Crippen LogP contribution is 2.08. The van der Waals surface area contributed by atoms with Crippen LogP contribution in [0, 0.1) is 0 Å². The molecule has 0 radical (unpaired) electrons. The van der Waals surface area contributed by atoms with Gasteiger partial charge in [0.15, 0.2) is 0 Å². The van der Waals surface area contributed by atoms with Gasteiger partial charge in [0, 0.05) is 37.4 Å². The van der Waals surface area contributed by atoms with Gasteiger partial charge < -0.3 is 5.73 Å². The van der Waals surface area contributed by atoms with Crippen molar-refractivity contribution in [1.29, 1.82) is 0 Å². The molecule has 0 fully saturated rings. The number of aryl methyl sites for hydroxylation is 3. The quantitative estimate of drug-likeness (QED) is 0.841. The molecule has 4 nitrogen and oxygen atoms in total. The molecule has 0 aliphatic heterocycles. The van der Waals surface area contributed by atoms with Gasteiger partial charge in [-0.2, -0.15) is 5.10 Å². The predicted octanol–water partition coefficient (Wildman–Crippen LogP) is 1.71. The zero-order chi connectivity index (χ0) is 12.8. The van der Waals surface area contributed by atoms with E-state index >= 15 is 0 Å². The van der Waals surface area contributed by atoms with E-state index in [4.69, 9.17) is 5.73 Å². The van der Waals surface area contributed by atoms with Crippen LogP contribution in [0.25, 0.3) is 0 Å². The first-order valence-corrected chi connectivity index (χ1v) is 6.37. The van der Waals surface area contributed by atoms with Crippen molar-refractivity contribution < 1.29 is 0 Å². The van der Waals surface area contributed by atoms with Crippen LogP contribution in [0.15, 0.2) is 36.8 Å². The van der Waals surface area contributed by atoms with E-state index in [-0.39, 0.29) is 6.04 Å². The van der Waals surface area contributed by atoms with Crippen molar-refractivity contribution in [3.05, 3.63) is 48.0 Å². The Bertz CT molecular complexity index is 464. The molecule has 0 aromatic carbocycles. The number of aromatic nitrogens is 3. The number of rotatable bonds is 6. The molecular weight excluding hydrogens is 224 g/mol. The number of nitrogens with zero attached hydrogens (tertiary/aromatic N) is 3. The van der Waals surface area contributed by atoms with E-state index in [9.17, 15) is 0 Å². The summed E-state index contributed by atoms with van der Waals surface area (Å²) >= 11 is 0. The van der Waals surface area contributed by atoms with Crippen LogP contribution in [0.1, 0.15) is 24.1 Å². The summed E-state index contributed by atoms with van der Waals surface area (Å²) in [6.45, 7) is 0. The van der Waals surface area contributed by atoms with Crippen LogP contribution in [-0.4, -0.2) is 20.8 Å². The van der Waals surface area contributed by atoms with Gasteiger partial charge in [0.1, 0.15) is 0 Å². The Labute approximate surface area is 108 Å². The molecule has 1 unspecified atom stereocenters. The molecule has 0 spiro atoms. The fourth-order valence-electron chi connectivity index (χ4n) is 2.03. The van der Waals surface area contributed by atoms with E-state index < -0.39 is 0 Å². The van der Waals surface area contributed by atoms with Gasteiger partial charge in [0.25, 0.3) is 0 Å². The van der Waals surface area contributed by atoms with Gasteiger partial charge >= 0.3 is 0 Å². The summed E-state index contributed by atoms with van der Waals surface area (Å²) in [4.78, 5) is 4.01. The number of pyridine rings is 1. The fourth-order valence-corrected chi connectivity index (χ4v) is 2.03. The highest BCUT2D eigenvalue weighted by molar-refractivity contribution is 5.09. The van der Waals surface area contributed by atoms with Gasteiger partial charge in [-0.3, -0.25) is 9.67 Å². The molecule has 18 heavy (non-hydrogen) atoms. The minimum absolute atomic E-state index is 0.244. The minimum Gasteiger partial charge on any atom is -0.328 e. The fraction of sp³-hybridized carbons (Fsp3) is 0.429. The number of hydrogen-bond acceptors (Lipinski definition) is 3. The lowest BCUT2D eigenvalue weighted by Gasteiger charge is -2.11. The number of hydrogen-bond donors (Lipinski definition) is 1. The Morgan fingerprint density at radius 3 is 2.50 bits per heavy atom. The lowest BCUT2D eigenvalue weighted by molar-refractivity contribution is 0.553. The second kappa shape index (κ2) is 6.31. The van der Waals surface area contributed by atoms with E-state index in [0.717, 1.165) is 25.7 Å². The van der Waals surface area contributed by atoms with Crippen LogP contribution >= 0.6 is 0 Å².